The molecule has 2 heterocycles. The largest absolute Gasteiger partial charge is 0.349 e. The summed E-state index contributed by atoms with van der Waals surface area (Å²) in [6, 6.07) is 0. The van der Waals surface area contributed by atoms with Crippen LogP contribution in [0.2, 0.25) is 0 Å². The molecule has 2 fully saturated rings. The molecule has 0 amide bonds. The van der Waals surface area contributed by atoms with E-state index in [9.17, 15) is 0 Å². The maximum absolute atomic E-state index is 6.15. The Labute approximate surface area is 108 Å². The molecular formula is C13H23NO4. The molecule has 104 valence electrons. The van der Waals surface area contributed by atoms with E-state index in [1.165, 1.54) is 0 Å². The van der Waals surface area contributed by atoms with Gasteiger partial charge in [-0.2, -0.15) is 0 Å². The number of methoxy groups -OCH3 is 2. The SMILES string of the molecule is C=C[C@H]1CNC[C@H]2O[C@](C)(OC)[C@@](C)(OC)O[C@H]12. The van der Waals surface area contributed by atoms with Crippen LogP contribution < -0.4 is 5.32 Å². The molecule has 2 saturated heterocycles. The first kappa shape index (κ1) is 14.0. The first-order chi connectivity index (χ1) is 8.49. The summed E-state index contributed by atoms with van der Waals surface area (Å²) in [7, 11) is 3.20. The van der Waals surface area contributed by atoms with Crippen molar-refractivity contribution in [2.75, 3.05) is 27.3 Å². The van der Waals surface area contributed by atoms with E-state index in [4.69, 9.17) is 18.9 Å². The summed E-state index contributed by atoms with van der Waals surface area (Å²) < 4.78 is 23.2. The van der Waals surface area contributed by atoms with Gasteiger partial charge in [0, 0.05) is 33.2 Å². The van der Waals surface area contributed by atoms with Gasteiger partial charge in [-0.3, -0.25) is 0 Å². The molecule has 0 aromatic carbocycles. The van der Waals surface area contributed by atoms with E-state index in [0.717, 1.165) is 13.1 Å². The van der Waals surface area contributed by atoms with Crippen molar-refractivity contribution in [2.24, 2.45) is 5.92 Å². The third kappa shape index (κ3) is 2.00. The maximum Gasteiger partial charge on any atom is 0.220 e. The number of rotatable bonds is 3. The molecule has 5 heteroatoms. The highest BCUT2D eigenvalue weighted by Gasteiger charge is 2.58. The van der Waals surface area contributed by atoms with Crippen LogP contribution in [0.3, 0.4) is 0 Å². The maximum atomic E-state index is 6.15. The van der Waals surface area contributed by atoms with Crippen molar-refractivity contribution in [1.29, 1.82) is 0 Å². The Morgan fingerprint density at radius 1 is 1.17 bits per heavy atom. The molecule has 2 rings (SSSR count). The molecule has 5 atom stereocenters. The van der Waals surface area contributed by atoms with Crippen molar-refractivity contribution in [2.45, 2.75) is 37.6 Å². The van der Waals surface area contributed by atoms with Gasteiger partial charge in [0.15, 0.2) is 0 Å². The quantitative estimate of drug-likeness (QED) is 0.761. The van der Waals surface area contributed by atoms with Gasteiger partial charge >= 0.3 is 0 Å². The predicted octanol–water partition coefficient (Wildman–Crippen LogP) is 0.901. The van der Waals surface area contributed by atoms with Gasteiger partial charge in [0.05, 0.1) is 6.10 Å². The lowest BCUT2D eigenvalue weighted by Gasteiger charge is -2.54. The molecule has 0 aliphatic carbocycles. The van der Waals surface area contributed by atoms with Gasteiger partial charge in [-0.05, 0) is 13.8 Å². The van der Waals surface area contributed by atoms with Gasteiger partial charge < -0.3 is 24.3 Å². The van der Waals surface area contributed by atoms with Crippen molar-refractivity contribution < 1.29 is 18.9 Å². The van der Waals surface area contributed by atoms with Crippen LogP contribution in [0.4, 0.5) is 0 Å². The summed E-state index contributed by atoms with van der Waals surface area (Å²) in [5.74, 6) is -1.64. The number of hydrogen-bond acceptors (Lipinski definition) is 5. The predicted molar refractivity (Wildman–Crippen MR) is 67.1 cm³/mol. The Kier molecular flexibility index (Phi) is 3.80. The Morgan fingerprint density at radius 2 is 1.78 bits per heavy atom. The summed E-state index contributed by atoms with van der Waals surface area (Å²) in [4.78, 5) is 0. The molecule has 1 N–H and O–H groups in total. The van der Waals surface area contributed by atoms with Crippen molar-refractivity contribution >= 4 is 0 Å². The summed E-state index contributed by atoms with van der Waals surface area (Å²) >= 11 is 0. The van der Waals surface area contributed by atoms with Crippen LogP contribution >= 0.6 is 0 Å². The minimum absolute atomic E-state index is 0.0584. The molecule has 18 heavy (non-hydrogen) atoms. The van der Waals surface area contributed by atoms with Crippen molar-refractivity contribution in [3.05, 3.63) is 12.7 Å². The highest BCUT2D eigenvalue weighted by Crippen LogP contribution is 2.41. The normalized spacial score (nSPS) is 48.6. The van der Waals surface area contributed by atoms with Crippen molar-refractivity contribution in [3.63, 3.8) is 0 Å². The second-order valence-electron chi connectivity index (χ2n) is 5.10. The molecule has 2 aliphatic rings. The van der Waals surface area contributed by atoms with Crippen LogP contribution in [0.25, 0.3) is 0 Å². The fraction of sp³-hybridized carbons (Fsp3) is 0.846. The summed E-state index contributed by atoms with van der Waals surface area (Å²) in [6.45, 7) is 9.13. The standard InChI is InChI=1S/C13H23NO4/c1-6-9-7-14-8-10-11(9)18-13(3,16-5)12(2,15-4)17-10/h6,9-11,14H,1,7-8H2,2-5H3/t9-,10+,11+,12-,13-/m0/s1. The minimum Gasteiger partial charge on any atom is -0.349 e. The number of piperidine rings is 1. The van der Waals surface area contributed by atoms with Crippen molar-refractivity contribution in [3.8, 4) is 0 Å². The highest BCUT2D eigenvalue weighted by molar-refractivity contribution is 5.01. The Hall–Kier alpha value is -0.460. The lowest BCUT2D eigenvalue weighted by atomic mass is 9.90. The van der Waals surface area contributed by atoms with Crippen LogP contribution in [-0.2, 0) is 18.9 Å². The second-order valence-corrected chi connectivity index (χ2v) is 5.10. The first-order valence-electron chi connectivity index (χ1n) is 6.29. The van der Waals surface area contributed by atoms with E-state index in [2.05, 4.69) is 11.9 Å². The van der Waals surface area contributed by atoms with E-state index < -0.39 is 11.6 Å². The smallest absolute Gasteiger partial charge is 0.220 e. The molecule has 5 nitrogen and oxygen atoms in total. The second kappa shape index (κ2) is 4.90. The van der Waals surface area contributed by atoms with Crippen molar-refractivity contribution in [1.82, 2.24) is 5.32 Å². The molecule has 0 spiro atoms. The van der Waals surface area contributed by atoms with Gasteiger partial charge in [0.25, 0.3) is 0 Å². The Balaban J connectivity index is 2.26. The minimum atomic E-state index is -0.929. The van der Waals surface area contributed by atoms with E-state index in [-0.39, 0.29) is 18.1 Å². The molecular weight excluding hydrogens is 234 g/mol. The number of ether oxygens (including phenoxy) is 4. The average molecular weight is 257 g/mol. The first-order valence-corrected chi connectivity index (χ1v) is 6.29. The van der Waals surface area contributed by atoms with Crippen LogP contribution in [-0.4, -0.2) is 51.1 Å². The zero-order chi connectivity index (χ0) is 13.4. The zero-order valence-corrected chi connectivity index (χ0v) is 11.6. The summed E-state index contributed by atoms with van der Waals surface area (Å²) in [5.41, 5.74) is 0. The van der Waals surface area contributed by atoms with E-state index in [0.29, 0.717) is 0 Å². The van der Waals surface area contributed by atoms with E-state index in [1.54, 1.807) is 14.2 Å². The number of fused-ring (bicyclic) bond motifs is 1. The average Bonchev–Trinajstić information content (AvgIpc) is 2.39. The van der Waals surface area contributed by atoms with Gasteiger partial charge in [-0.15, -0.1) is 6.58 Å². The lowest BCUT2D eigenvalue weighted by molar-refractivity contribution is -0.452. The Morgan fingerprint density at radius 3 is 2.33 bits per heavy atom. The highest BCUT2D eigenvalue weighted by atomic mass is 16.8. The molecule has 0 bridgehead atoms. The van der Waals surface area contributed by atoms with Crippen LogP contribution in [0.15, 0.2) is 12.7 Å². The third-order valence-electron chi connectivity index (χ3n) is 4.16. The van der Waals surface area contributed by atoms with E-state index >= 15 is 0 Å². The molecule has 0 aromatic heterocycles. The van der Waals surface area contributed by atoms with Crippen LogP contribution in [0.1, 0.15) is 13.8 Å². The fourth-order valence-electron chi connectivity index (χ4n) is 2.62. The van der Waals surface area contributed by atoms with Gasteiger partial charge in [-0.25, -0.2) is 0 Å². The molecule has 0 unspecified atom stereocenters. The summed E-state index contributed by atoms with van der Waals surface area (Å²) in [6.07, 6.45) is 1.78. The van der Waals surface area contributed by atoms with Gasteiger partial charge in [-0.1, -0.05) is 6.08 Å². The molecule has 2 aliphatic heterocycles. The van der Waals surface area contributed by atoms with E-state index in [1.807, 2.05) is 19.9 Å². The number of nitrogens with one attached hydrogen (secondary N) is 1. The third-order valence-corrected chi connectivity index (χ3v) is 4.16. The lowest BCUT2D eigenvalue weighted by Crippen LogP contribution is -2.69. The fourth-order valence-corrected chi connectivity index (χ4v) is 2.62. The Bertz CT molecular complexity index is 324. The van der Waals surface area contributed by atoms with Gasteiger partial charge in [0.2, 0.25) is 11.6 Å². The molecule has 0 aromatic rings. The monoisotopic (exact) mass is 257 g/mol. The number of hydrogen-bond donors (Lipinski definition) is 1. The molecule has 0 radical (unpaired) electrons. The van der Waals surface area contributed by atoms with Gasteiger partial charge in [0.1, 0.15) is 6.10 Å². The summed E-state index contributed by atoms with van der Waals surface area (Å²) in [5, 5.41) is 3.32. The molecule has 0 saturated carbocycles. The zero-order valence-electron chi connectivity index (χ0n) is 11.6. The van der Waals surface area contributed by atoms with Crippen LogP contribution in [0.5, 0.6) is 0 Å². The van der Waals surface area contributed by atoms with Crippen LogP contribution in [0, 0.1) is 5.92 Å². The topological polar surface area (TPSA) is 49.0 Å².